The van der Waals surface area contributed by atoms with Crippen LogP contribution in [-0.4, -0.2) is 69.2 Å². The maximum absolute atomic E-state index is 12.3. The van der Waals surface area contributed by atoms with E-state index in [2.05, 4.69) is 22.3 Å². The Bertz CT molecular complexity index is 585. The molecule has 2 aliphatic rings. The highest BCUT2D eigenvalue weighted by atomic mass is 16.5. The van der Waals surface area contributed by atoms with Gasteiger partial charge in [0, 0.05) is 52.2 Å². The van der Waals surface area contributed by atoms with Crippen molar-refractivity contribution in [3.63, 3.8) is 0 Å². The third-order valence-corrected chi connectivity index (χ3v) is 4.91. The standard InChI is InChI=1S/C18H27N3O3/c1-23-16-11-14-3-7-20(13-15(14)12-17(16)24-2)8-4-18(22)21-9-5-19-6-10-21/h11-12,19H,3-10,13H2,1-2H3. The zero-order valence-electron chi connectivity index (χ0n) is 14.6. The first-order valence-electron chi connectivity index (χ1n) is 8.66. The summed E-state index contributed by atoms with van der Waals surface area (Å²) in [6.45, 7) is 6.14. The van der Waals surface area contributed by atoms with E-state index in [1.54, 1.807) is 14.2 Å². The van der Waals surface area contributed by atoms with E-state index in [1.165, 1.54) is 11.1 Å². The van der Waals surface area contributed by atoms with Crippen LogP contribution in [0.4, 0.5) is 0 Å². The Morgan fingerprint density at radius 3 is 2.42 bits per heavy atom. The van der Waals surface area contributed by atoms with Crippen LogP contribution < -0.4 is 14.8 Å². The molecule has 2 heterocycles. The Balaban J connectivity index is 1.57. The third-order valence-electron chi connectivity index (χ3n) is 4.91. The second-order valence-corrected chi connectivity index (χ2v) is 6.38. The molecular weight excluding hydrogens is 306 g/mol. The summed E-state index contributed by atoms with van der Waals surface area (Å²) in [5.41, 5.74) is 2.59. The normalized spacial score (nSPS) is 18.2. The smallest absolute Gasteiger partial charge is 0.223 e. The molecule has 1 fully saturated rings. The molecule has 0 bridgehead atoms. The van der Waals surface area contributed by atoms with Gasteiger partial charge in [-0.05, 0) is 29.7 Å². The van der Waals surface area contributed by atoms with E-state index in [1.807, 2.05) is 4.90 Å². The molecular formula is C18H27N3O3. The summed E-state index contributed by atoms with van der Waals surface area (Å²) < 4.78 is 10.8. The lowest BCUT2D eigenvalue weighted by molar-refractivity contribution is -0.132. The van der Waals surface area contributed by atoms with Gasteiger partial charge < -0.3 is 19.7 Å². The number of fused-ring (bicyclic) bond motifs is 1. The predicted molar refractivity (Wildman–Crippen MR) is 92.6 cm³/mol. The molecule has 0 radical (unpaired) electrons. The Morgan fingerprint density at radius 2 is 1.75 bits per heavy atom. The summed E-state index contributed by atoms with van der Waals surface area (Å²) in [5, 5.41) is 3.28. The number of ether oxygens (including phenoxy) is 2. The second kappa shape index (κ2) is 7.85. The summed E-state index contributed by atoms with van der Waals surface area (Å²) in [7, 11) is 3.33. The van der Waals surface area contributed by atoms with Crippen molar-refractivity contribution in [1.82, 2.24) is 15.1 Å². The largest absolute Gasteiger partial charge is 0.493 e. The SMILES string of the molecule is COc1cc2c(cc1OC)CN(CCC(=O)N1CCNCC1)CC2. The lowest BCUT2D eigenvalue weighted by Crippen LogP contribution is -2.47. The zero-order chi connectivity index (χ0) is 16.9. The van der Waals surface area contributed by atoms with Crippen molar-refractivity contribution < 1.29 is 14.3 Å². The third kappa shape index (κ3) is 3.82. The van der Waals surface area contributed by atoms with Gasteiger partial charge in [0.15, 0.2) is 11.5 Å². The molecule has 132 valence electrons. The van der Waals surface area contributed by atoms with Gasteiger partial charge in [-0.2, -0.15) is 0 Å². The molecule has 24 heavy (non-hydrogen) atoms. The van der Waals surface area contributed by atoms with Crippen molar-refractivity contribution in [1.29, 1.82) is 0 Å². The van der Waals surface area contributed by atoms with Crippen molar-refractivity contribution in [3.8, 4) is 11.5 Å². The van der Waals surface area contributed by atoms with Crippen LogP contribution in [0.3, 0.4) is 0 Å². The molecule has 2 aliphatic heterocycles. The minimum Gasteiger partial charge on any atom is -0.493 e. The molecule has 0 unspecified atom stereocenters. The maximum atomic E-state index is 12.3. The lowest BCUT2D eigenvalue weighted by Gasteiger charge is -2.31. The van der Waals surface area contributed by atoms with Crippen LogP contribution in [0, 0.1) is 0 Å². The van der Waals surface area contributed by atoms with Gasteiger partial charge in [0.25, 0.3) is 0 Å². The number of carbonyl (C=O) groups excluding carboxylic acids is 1. The fourth-order valence-corrected chi connectivity index (χ4v) is 3.46. The zero-order valence-corrected chi connectivity index (χ0v) is 14.6. The van der Waals surface area contributed by atoms with Gasteiger partial charge in [-0.3, -0.25) is 9.69 Å². The van der Waals surface area contributed by atoms with Crippen LogP contribution in [-0.2, 0) is 17.8 Å². The van der Waals surface area contributed by atoms with Gasteiger partial charge in [-0.25, -0.2) is 0 Å². The van der Waals surface area contributed by atoms with Crippen molar-refractivity contribution in [3.05, 3.63) is 23.3 Å². The van der Waals surface area contributed by atoms with E-state index in [0.29, 0.717) is 6.42 Å². The number of piperazine rings is 1. The van der Waals surface area contributed by atoms with Gasteiger partial charge in [0.1, 0.15) is 0 Å². The first-order valence-corrected chi connectivity index (χ1v) is 8.66. The monoisotopic (exact) mass is 333 g/mol. The molecule has 6 nitrogen and oxygen atoms in total. The number of nitrogens with one attached hydrogen (secondary N) is 1. The predicted octanol–water partition coefficient (Wildman–Crippen LogP) is 0.884. The summed E-state index contributed by atoms with van der Waals surface area (Å²) >= 11 is 0. The number of methoxy groups -OCH3 is 2. The van der Waals surface area contributed by atoms with E-state index < -0.39 is 0 Å². The number of hydrogen-bond acceptors (Lipinski definition) is 5. The summed E-state index contributed by atoms with van der Waals surface area (Å²) in [6.07, 6.45) is 1.58. The molecule has 0 saturated carbocycles. The molecule has 3 rings (SSSR count). The number of hydrogen-bond donors (Lipinski definition) is 1. The molecule has 0 aromatic heterocycles. The van der Waals surface area contributed by atoms with Crippen molar-refractivity contribution >= 4 is 5.91 Å². The van der Waals surface area contributed by atoms with Crippen molar-refractivity contribution in [2.45, 2.75) is 19.4 Å². The first kappa shape index (κ1) is 17.0. The number of carbonyl (C=O) groups is 1. The average Bonchev–Trinajstić information content (AvgIpc) is 2.65. The van der Waals surface area contributed by atoms with E-state index in [9.17, 15) is 4.79 Å². The topological polar surface area (TPSA) is 54.0 Å². The summed E-state index contributed by atoms with van der Waals surface area (Å²) in [6, 6.07) is 4.15. The fourth-order valence-electron chi connectivity index (χ4n) is 3.46. The highest BCUT2D eigenvalue weighted by Crippen LogP contribution is 2.33. The molecule has 1 saturated heterocycles. The highest BCUT2D eigenvalue weighted by Gasteiger charge is 2.21. The minimum atomic E-state index is 0.273. The number of benzene rings is 1. The molecule has 1 aromatic carbocycles. The van der Waals surface area contributed by atoms with Gasteiger partial charge in [0.2, 0.25) is 5.91 Å². The maximum Gasteiger partial charge on any atom is 0.223 e. The van der Waals surface area contributed by atoms with Crippen LogP contribution in [0.1, 0.15) is 17.5 Å². The van der Waals surface area contributed by atoms with Crippen LogP contribution in [0.5, 0.6) is 11.5 Å². The van der Waals surface area contributed by atoms with E-state index in [-0.39, 0.29) is 5.91 Å². The molecule has 1 N–H and O–H groups in total. The van der Waals surface area contributed by atoms with Crippen LogP contribution in [0.15, 0.2) is 12.1 Å². The molecule has 0 spiro atoms. The van der Waals surface area contributed by atoms with Crippen molar-refractivity contribution in [2.75, 3.05) is 53.5 Å². The van der Waals surface area contributed by atoms with E-state index >= 15 is 0 Å². The highest BCUT2D eigenvalue weighted by molar-refractivity contribution is 5.76. The molecule has 6 heteroatoms. The first-order chi connectivity index (χ1) is 11.7. The molecule has 0 atom stereocenters. The second-order valence-electron chi connectivity index (χ2n) is 6.38. The lowest BCUT2D eigenvalue weighted by atomic mass is 9.98. The molecule has 1 aromatic rings. The van der Waals surface area contributed by atoms with Crippen LogP contribution in [0.25, 0.3) is 0 Å². The van der Waals surface area contributed by atoms with E-state index in [0.717, 1.165) is 63.7 Å². The Morgan fingerprint density at radius 1 is 1.08 bits per heavy atom. The number of nitrogens with zero attached hydrogens (tertiary/aromatic N) is 2. The van der Waals surface area contributed by atoms with Gasteiger partial charge in [-0.1, -0.05) is 0 Å². The quantitative estimate of drug-likeness (QED) is 0.867. The number of amides is 1. The number of rotatable bonds is 5. The van der Waals surface area contributed by atoms with Gasteiger partial charge in [0.05, 0.1) is 14.2 Å². The fraction of sp³-hybridized carbons (Fsp3) is 0.611. The van der Waals surface area contributed by atoms with Crippen LogP contribution >= 0.6 is 0 Å². The van der Waals surface area contributed by atoms with E-state index in [4.69, 9.17) is 9.47 Å². The van der Waals surface area contributed by atoms with Crippen molar-refractivity contribution in [2.24, 2.45) is 0 Å². The van der Waals surface area contributed by atoms with Gasteiger partial charge >= 0.3 is 0 Å². The average molecular weight is 333 g/mol. The molecule has 0 aliphatic carbocycles. The summed E-state index contributed by atoms with van der Waals surface area (Å²) in [4.78, 5) is 16.6. The minimum absolute atomic E-state index is 0.273. The van der Waals surface area contributed by atoms with Crippen LogP contribution in [0.2, 0.25) is 0 Å². The Hall–Kier alpha value is -1.79. The Kier molecular flexibility index (Phi) is 5.58. The van der Waals surface area contributed by atoms with Gasteiger partial charge in [-0.15, -0.1) is 0 Å². The molecule has 1 amide bonds. The summed E-state index contributed by atoms with van der Waals surface area (Å²) in [5.74, 6) is 1.84. The Labute approximate surface area is 143 Å².